The largest absolute Gasteiger partial charge is 0.497 e. The van der Waals surface area contributed by atoms with Gasteiger partial charge in [0.25, 0.3) is 0 Å². The van der Waals surface area contributed by atoms with E-state index in [9.17, 15) is 9.59 Å². The highest BCUT2D eigenvalue weighted by Gasteiger charge is 2.71. The van der Waals surface area contributed by atoms with Crippen LogP contribution in [0.15, 0.2) is 24.3 Å². The molecule has 0 N–H and O–H groups in total. The fourth-order valence-electron chi connectivity index (χ4n) is 4.70. The maximum Gasteiger partial charge on any atom is 0.348 e. The zero-order valence-electron chi connectivity index (χ0n) is 18.8. The van der Waals surface area contributed by atoms with Crippen LogP contribution in [0.2, 0.25) is 19.6 Å². The molecule has 3 unspecified atom stereocenters. The zero-order valence-corrected chi connectivity index (χ0v) is 20.5. The Morgan fingerprint density at radius 2 is 1.83 bits per heavy atom. The van der Waals surface area contributed by atoms with Gasteiger partial charge in [-0.1, -0.05) is 37.6 Å². The number of fused-ring (bicyclic) bond motifs is 1. The van der Waals surface area contributed by atoms with Crippen LogP contribution in [0.1, 0.15) is 26.3 Å². The van der Waals surface area contributed by atoms with Gasteiger partial charge in [-0.05, 0) is 50.2 Å². The van der Waals surface area contributed by atoms with Crippen molar-refractivity contribution in [1.29, 1.82) is 0 Å². The number of nitrogens with zero attached hydrogens (tertiary/aromatic N) is 1. The molecule has 0 radical (unpaired) electrons. The van der Waals surface area contributed by atoms with Crippen molar-refractivity contribution < 1.29 is 23.5 Å². The molecule has 0 aromatic heterocycles. The third-order valence-corrected chi connectivity index (χ3v) is 8.09. The van der Waals surface area contributed by atoms with Crippen molar-refractivity contribution in [3.8, 4) is 5.75 Å². The topological polar surface area (TPSA) is 65.1 Å². The lowest BCUT2D eigenvalue weighted by Crippen LogP contribution is -2.69. The number of rotatable bonds is 7. The van der Waals surface area contributed by atoms with Crippen LogP contribution in [-0.4, -0.2) is 49.3 Å². The van der Waals surface area contributed by atoms with Gasteiger partial charge in [0.05, 0.1) is 25.2 Å². The number of hydrogen-bond donors (Lipinski definition) is 0. The van der Waals surface area contributed by atoms with E-state index >= 15 is 0 Å². The second kappa shape index (κ2) is 8.17. The molecule has 2 aliphatic rings. The minimum atomic E-state index is -1.80. The summed E-state index contributed by atoms with van der Waals surface area (Å²) in [6, 6.07) is 7.15. The van der Waals surface area contributed by atoms with Crippen molar-refractivity contribution in [3.05, 3.63) is 29.8 Å². The van der Waals surface area contributed by atoms with Gasteiger partial charge in [-0.2, -0.15) is 0 Å². The highest BCUT2D eigenvalue weighted by molar-refractivity contribution is 6.69. The lowest BCUT2D eigenvalue weighted by atomic mass is 9.78. The van der Waals surface area contributed by atoms with Crippen LogP contribution in [0.3, 0.4) is 0 Å². The van der Waals surface area contributed by atoms with Gasteiger partial charge in [0.1, 0.15) is 12.4 Å². The first-order chi connectivity index (χ1) is 13.9. The fourth-order valence-corrected chi connectivity index (χ4v) is 6.41. The van der Waals surface area contributed by atoms with Crippen LogP contribution in [0.4, 0.5) is 0 Å². The molecule has 2 heterocycles. The molecule has 1 aromatic carbocycles. The monoisotopic (exact) mass is 453 g/mol. The van der Waals surface area contributed by atoms with E-state index in [0.717, 1.165) is 11.3 Å². The van der Waals surface area contributed by atoms with E-state index in [4.69, 9.17) is 25.5 Å². The molecule has 0 spiro atoms. The summed E-state index contributed by atoms with van der Waals surface area (Å²) in [5, 5.41) is 0. The van der Waals surface area contributed by atoms with Crippen molar-refractivity contribution in [3.63, 3.8) is 0 Å². The van der Waals surface area contributed by atoms with Crippen LogP contribution in [0.25, 0.3) is 0 Å². The Labute approximate surface area is 184 Å². The number of amides is 1. The van der Waals surface area contributed by atoms with E-state index in [1.807, 2.05) is 32.9 Å². The van der Waals surface area contributed by atoms with E-state index < -0.39 is 19.3 Å². The minimum absolute atomic E-state index is 0.0615. The Bertz CT molecular complexity index is 811. The third kappa shape index (κ3) is 3.87. The number of β-lactam (4-membered cyclic amide) rings is 1. The molecule has 2 fully saturated rings. The molecule has 2 aliphatic heterocycles. The SMILES string of the molecule is COc1ccc(COC(=O)C2(Cl)C(C)[C@H](C)[C@@H]3[C@@H](C(C)O[Si](C)(C)C)C(=O)N32)cc1. The number of esters is 1. The van der Waals surface area contributed by atoms with Crippen LogP contribution in [0, 0.1) is 17.8 Å². The molecule has 0 aliphatic carbocycles. The summed E-state index contributed by atoms with van der Waals surface area (Å²) in [6.07, 6.45) is -0.200. The molecule has 1 amide bonds. The second-order valence-electron chi connectivity index (χ2n) is 9.41. The Morgan fingerprint density at radius 3 is 2.37 bits per heavy atom. The number of ether oxygens (including phenoxy) is 2. The van der Waals surface area contributed by atoms with Crippen LogP contribution < -0.4 is 4.74 Å². The number of carbonyl (C=O) groups is 2. The van der Waals surface area contributed by atoms with E-state index in [-0.39, 0.29) is 42.4 Å². The molecular formula is C22H32ClNO5Si. The quantitative estimate of drug-likeness (QED) is 0.205. The minimum Gasteiger partial charge on any atom is -0.497 e. The van der Waals surface area contributed by atoms with Gasteiger partial charge in [0.15, 0.2) is 8.32 Å². The Hall–Kier alpha value is -1.57. The molecule has 0 saturated carbocycles. The summed E-state index contributed by atoms with van der Waals surface area (Å²) >= 11 is 6.85. The average Bonchev–Trinajstić information content (AvgIpc) is 2.84. The molecule has 0 bridgehead atoms. The maximum atomic E-state index is 13.1. The Morgan fingerprint density at radius 1 is 1.23 bits per heavy atom. The lowest BCUT2D eigenvalue weighted by molar-refractivity contribution is -0.176. The van der Waals surface area contributed by atoms with Gasteiger partial charge < -0.3 is 18.8 Å². The molecule has 6 atom stereocenters. The molecular weight excluding hydrogens is 422 g/mol. The molecule has 166 valence electrons. The molecule has 1 aromatic rings. The summed E-state index contributed by atoms with van der Waals surface area (Å²) in [7, 11) is -0.201. The first kappa shape index (κ1) is 23.1. The number of hydrogen-bond acceptors (Lipinski definition) is 5. The van der Waals surface area contributed by atoms with Crippen molar-refractivity contribution in [2.75, 3.05) is 7.11 Å². The van der Waals surface area contributed by atoms with Crippen LogP contribution in [0.5, 0.6) is 5.75 Å². The Balaban J connectivity index is 1.73. The normalized spacial score (nSPS) is 31.7. The highest BCUT2D eigenvalue weighted by atomic mass is 35.5. The molecule has 6 nitrogen and oxygen atoms in total. The number of halogens is 1. The molecule has 8 heteroatoms. The summed E-state index contributed by atoms with van der Waals surface area (Å²) in [5.41, 5.74) is 0.824. The van der Waals surface area contributed by atoms with Crippen LogP contribution >= 0.6 is 11.6 Å². The van der Waals surface area contributed by atoms with E-state index in [2.05, 4.69) is 19.6 Å². The predicted octanol–water partition coefficient (Wildman–Crippen LogP) is 4.03. The van der Waals surface area contributed by atoms with Gasteiger partial charge in [-0.3, -0.25) is 4.79 Å². The standard InChI is InChI=1S/C22H32ClNO5Si/c1-13-14(2)22(23,21(26)28-12-16-8-10-17(27-4)11-9-16)24-19(13)18(20(24)25)15(3)29-30(5,6)7/h8-11,13-15,18-19H,12H2,1-7H3/t13-,14?,15?,18+,19+,22?/m0/s1. The number of methoxy groups -OCH3 is 1. The van der Waals surface area contributed by atoms with Crippen LogP contribution in [-0.2, 0) is 25.4 Å². The molecule has 3 rings (SSSR count). The average molecular weight is 454 g/mol. The van der Waals surface area contributed by atoms with E-state index in [1.54, 1.807) is 19.2 Å². The summed E-state index contributed by atoms with van der Waals surface area (Å²) < 4.78 is 16.9. The van der Waals surface area contributed by atoms with Gasteiger partial charge >= 0.3 is 5.97 Å². The van der Waals surface area contributed by atoms with Gasteiger partial charge in [-0.25, -0.2) is 4.79 Å². The van der Waals surface area contributed by atoms with Crippen molar-refractivity contribution in [2.24, 2.45) is 17.8 Å². The third-order valence-electron chi connectivity index (χ3n) is 6.33. The molecule has 2 saturated heterocycles. The summed E-state index contributed by atoms with van der Waals surface area (Å²) in [6.45, 7) is 12.3. The van der Waals surface area contributed by atoms with Gasteiger partial charge in [-0.15, -0.1) is 0 Å². The van der Waals surface area contributed by atoms with E-state index in [0.29, 0.717) is 0 Å². The van der Waals surface area contributed by atoms with Crippen molar-refractivity contribution in [2.45, 2.75) is 64.2 Å². The first-order valence-corrected chi connectivity index (χ1v) is 14.2. The van der Waals surface area contributed by atoms with Crippen molar-refractivity contribution >= 4 is 31.8 Å². The zero-order chi connectivity index (χ0) is 22.4. The summed E-state index contributed by atoms with van der Waals surface area (Å²) in [4.78, 5) is 26.2. The van der Waals surface area contributed by atoms with Gasteiger partial charge in [0.2, 0.25) is 10.9 Å². The lowest BCUT2D eigenvalue weighted by Gasteiger charge is -2.51. The first-order valence-electron chi connectivity index (χ1n) is 10.4. The smallest absolute Gasteiger partial charge is 0.348 e. The number of benzene rings is 1. The maximum absolute atomic E-state index is 13.1. The highest BCUT2D eigenvalue weighted by Crippen LogP contribution is 2.55. The fraction of sp³-hybridized carbons (Fsp3) is 0.636. The predicted molar refractivity (Wildman–Crippen MR) is 118 cm³/mol. The second-order valence-corrected chi connectivity index (χ2v) is 14.4. The van der Waals surface area contributed by atoms with Gasteiger partial charge in [0, 0.05) is 5.92 Å². The molecule has 30 heavy (non-hydrogen) atoms. The van der Waals surface area contributed by atoms with E-state index in [1.165, 1.54) is 4.90 Å². The van der Waals surface area contributed by atoms with Crippen molar-refractivity contribution in [1.82, 2.24) is 4.90 Å². The number of alkyl halides is 1. The Kier molecular flexibility index (Phi) is 6.29. The summed E-state index contributed by atoms with van der Waals surface area (Å²) in [5.74, 6) is -0.422. The number of carbonyl (C=O) groups excluding carboxylic acids is 2.